The van der Waals surface area contributed by atoms with Crippen molar-refractivity contribution in [1.82, 2.24) is 9.62 Å². The molecule has 112 valence electrons. The number of benzene rings is 1. The van der Waals surface area contributed by atoms with E-state index in [2.05, 4.69) is 5.32 Å². The van der Waals surface area contributed by atoms with Gasteiger partial charge in [-0.15, -0.1) is 0 Å². The molecule has 0 amide bonds. The Morgan fingerprint density at radius 1 is 1.25 bits per heavy atom. The van der Waals surface area contributed by atoms with Gasteiger partial charge >= 0.3 is 6.18 Å². The van der Waals surface area contributed by atoms with E-state index in [4.69, 9.17) is 0 Å². The zero-order valence-corrected chi connectivity index (χ0v) is 11.5. The maximum atomic E-state index is 12.6. The van der Waals surface area contributed by atoms with Crippen molar-refractivity contribution in [1.29, 1.82) is 0 Å². The number of alkyl halides is 3. The summed E-state index contributed by atoms with van der Waals surface area (Å²) >= 11 is 0. The third-order valence-corrected chi connectivity index (χ3v) is 4.90. The van der Waals surface area contributed by atoms with Crippen LogP contribution in [0, 0.1) is 0 Å². The van der Waals surface area contributed by atoms with Crippen molar-refractivity contribution in [3.63, 3.8) is 0 Å². The molecule has 2 rings (SSSR count). The van der Waals surface area contributed by atoms with Gasteiger partial charge in [-0.1, -0.05) is 18.2 Å². The van der Waals surface area contributed by atoms with Gasteiger partial charge < -0.3 is 5.32 Å². The summed E-state index contributed by atoms with van der Waals surface area (Å²) in [5.74, 6) is -0.0358. The minimum atomic E-state index is -4.42. The Bertz CT molecular complexity index is 572. The third-order valence-electron chi connectivity index (χ3n) is 3.08. The van der Waals surface area contributed by atoms with Crippen LogP contribution in [0.3, 0.4) is 0 Å². The normalized spacial score (nSPS) is 20.6. The maximum Gasteiger partial charge on any atom is 0.416 e. The molecule has 0 radical (unpaired) electrons. The van der Waals surface area contributed by atoms with Gasteiger partial charge in [-0.3, -0.25) is 0 Å². The molecule has 1 aliphatic rings. The Balaban J connectivity index is 2.21. The van der Waals surface area contributed by atoms with Crippen molar-refractivity contribution < 1.29 is 21.6 Å². The van der Waals surface area contributed by atoms with E-state index in [9.17, 15) is 21.6 Å². The lowest BCUT2D eigenvalue weighted by Gasteiger charge is -2.19. The molecule has 0 saturated carbocycles. The first-order valence-electron chi connectivity index (χ1n) is 6.14. The lowest BCUT2D eigenvalue weighted by molar-refractivity contribution is -0.137. The second kappa shape index (κ2) is 5.71. The standard InChI is InChI=1S/C12H15F3N2O2S/c13-12(14,15)11-3-1-2-10(8-11)9-17-6-4-16-5-7-20(17,18)19/h1-3,8,16H,4-7,9H2. The molecule has 1 aromatic rings. The van der Waals surface area contributed by atoms with Crippen molar-refractivity contribution >= 4 is 10.0 Å². The van der Waals surface area contributed by atoms with Crippen LogP contribution in [-0.4, -0.2) is 38.1 Å². The van der Waals surface area contributed by atoms with E-state index in [1.807, 2.05) is 0 Å². The number of rotatable bonds is 2. The summed E-state index contributed by atoms with van der Waals surface area (Å²) in [5, 5.41) is 2.95. The third kappa shape index (κ3) is 3.71. The summed E-state index contributed by atoms with van der Waals surface area (Å²) in [6, 6.07) is 4.76. The first kappa shape index (κ1) is 15.3. The topological polar surface area (TPSA) is 49.4 Å². The molecule has 1 fully saturated rings. The SMILES string of the molecule is O=S1(=O)CCNCCN1Cc1cccc(C(F)(F)F)c1. The molecule has 1 N–H and O–H groups in total. The zero-order chi connectivity index (χ0) is 14.8. The average Bonchev–Trinajstić information content (AvgIpc) is 2.51. The van der Waals surface area contributed by atoms with Crippen LogP contribution >= 0.6 is 0 Å². The van der Waals surface area contributed by atoms with Crippen molar-refractivity contribution in [2.24, 2.45) is 0 Å². The minimum Gasteiger partial charge on any atom is -0.314 e. The fourth-order valence-corrected chi connectivity index (χ4v) is 3.40. The highest BCUT2D eigenvalue weighted by Crippen LogP contribution is 2.29. The summed E-state index contributed by atoms with van der Waals surface area (Å²) in [7, 11) is -3.42. The average molecular weight is 308 g/mol. The van der Waals surface area contributed by atoms with Gasteiger partial charge in [-0.05, 0) is 11.6 Å². The Morgan fingerprint density at radius 3 is 2.70 bits per heavy atom. The van der Waals surface area contributed by atoms with E-state index in [1.54, 1.807) is 0 Å². The number of hydrogen-bond donors (Lipinski definition) is 1. The van der Waals surface area contributed by atoms with Crippen LogP contribution in [0.15, 0.2) is 24.3 Å². The van der Waals surface area contributed by atoms with Crippen LogP contribution in [0.5, 0.6) is 0 Å². The van der Waals surface area contributed by atoms with Crippen molar-refractivity contribution in [2.75, 3.05) is 25.4 Å². The Morgan fingerprint density at radius 2 is 2.00 bits per heavy atom. The van der Waals surface area contributed by atoms with E-state index < -0.39 is 21.8 Å². The number of nitrogens with one attached hydrogen (secondary N) is 1. The molecule has 1 saturated heterocycles. The molecule has 20 heavy (non-hydrogen) atoms. The summed E-state index contributed by atoms with van der Waals surface area (Å²) in [4.78, 5) is 0. The zero-order valence-electron chi connectivity index (χ0n) is 10.7. The second-order valence-corrected chi connectivity index (χ2v) is 6.69. The van der Waals surface area contributed by atoms with Crippen molar-refractivity contribution in [3.8, 4) is 0 Å². The van der Waals surface area contributed by atoms with Gasteiger partial charge in [-0.2, -0.15) is 17.5 Å². The summed E-state index contributed by atoms with van der Waals surface area (Å²) < 4.78 is 63.0. The molecule has 0 spiro atoms. The molecule has 0 unspecified atom stereocenters. The summed E-state index contributed by atoms with van der Waals surface area (Å²) in [6.07, 6.45) is -4.42. The maximum absolute atomic E-state index is 12.6. The molecule has 0 atom stereocenters. The fraction of sp³-hybridized carbons (Fsp3) is 0.500. The highest BCUT2D eigenvalue weighted by atomic mass is 32.2. The minimum absolute atomic E-state index is 0.0338. The molecule has 1 heterocycles. The molecular formula is C12H15F3N2O2S. The summed E-state index contributed by atoms with van der Waals surface area (Å²) in [5.41, 5.74) is -0.425. The molecular weight excluding hydrogens is 293 g/mol. The number of hydrogen-bond acceptors (Lipinski definition) is 3. The predicted molar refractivity (Wildman–Crippen MR) is 68.5 cm³/mol. The van der Waals surface area contributed by atoms with Crippen molar-refractivity contribution in [3.05, 3.63) is 35.4 Å². The Kier molecular flexibility index (Phi) is 4.36. The van der Waals surface area contributed by atoms with Gasteiger partial charge in [0.2, 0.25) is 10.0 Å². The van der Waals surface area contributed by atoms with E-state index in [1.165, 1.54) is 16.4 Å². The second-order valence-electron chi connectivity index (χ2n) is 4.60. The highest BCUT2D eigenvalue weighted by Gasteiger charge is 2.31. The molecule has 0 aliphatic carbocycles. The molecule has 4 nitrogen and oxygen atoms in total. The van der Waals surface area contributed by atoms with Crippen LogP contribution in [-0.2, 0) is 22.7 Å². The molecule has 1 aliphatic heterocycles. The predicted octanol–water partition coefficient (Wildman–Crippen LogP) is 1.44. The van der Waals surface area contributed by atoms with Gasteiger partial charge in [-0.25, -0.2) is 8.42 Å². The number of sulfonamides is 1. The monoisotopic (exact) mass is 308 g/mol. The van der Waals surface area contributed by atoms with Gasteiger partial charge in [0, 0.05) is 26.2 Å². The van der Waals surface area contributed by atoms with Crippen LogP contribution in [0.1, 0.15) is 11.1 Å². The van der Waals surface area contributed by atoms with E-state index in [0.29, 0.717) is 18.7 Å². The molecule has 8 heteroatoms. The van der Waals surface area contributed by atoms with Gasteiger partial charge in [0.05, 0.1) is 11.3 Å². The Labute approximate surface area is 115 Å². The van der Waals surface area contributed by atoms with Gasteiger partial charge in [0.25, 0.3) is 0 Å². The fourth-order valence-electron chi connectivity index (χ4n) is 2.03. The lowest BCUT2D eigenvalue weighted by Crippen LogP contribution is -2.33. The molecule has 0 aromatic heterocycles. The van der Waals surface area contributed by atoms with Crippen LogP contribution in [0.25, 0.3) is 0 Å². The van der Waals surface area contributed by atoms with E-state index >= 15 is 0 Å². The largest absolute Gasteiger partial charge is 0.416 e. The lowest BCUT2D eigenvalue weighted by atomic mass is 10.1. The van der Waals surface area contributed by atoms with Crippen LogP contribution < -0.4 is 5.32 Å². The first-order valence-corrected chi connectivity index (χ1v) is 7.75. The van der Waals surface area contributed by atoms with Crippen LogP contribution in [0.2, 0.25) is 0 Å². The molecule has 1 aromatic carbocycles. The summed E-state index contributed by atoms with van der Waals surface area (Å²) in [6.45, 7) is 1.09. The number of halogens is 3. The highest BCUT2D eigenvalue weighted by molar-refractivity contribution is 7.89. The molecule has 0 bridgehead atoms. The quantitative estimate of drug-likeness (QED) is 0.899. The first-order chi connectivity index (χ1) is 9.29. The van der Waals surface area contributed by atoms with Gasteiger partial charge in [0.1, 0.15) is 0 Å². The van der Waals surface area contributed by atoms with Crippen molar-refractivity contribution in [2.45, 2.75) is 12.7 Å². The van der Waals surface area contributed by atoms with E-state index in [0.717, 1.165) is 12.1 Å². The smallest absolute Gasteiger partial charge is 0.314 e. The van der Waals surface area contributed by atoms with Crippen LogP contribution in [0.4, 0.5) is 13.2 Å². The number of nitrogens with zero attached hydrogens (tertiary/aromatic N) is 1. The van der Waals surface area contributed by atoms with E-state index in [-0.39, 0.29) is 18.8 Å². The van der Waals surface area contributed by atoms with Gasteiger partial charge in [0.15, 0.2) is 0 Å². The Hall–Kier alpha value is -1.12.